The summed E-state index contributed by atoms with van der Waals surface area (Å²) in [6.07, 6.45) is 2.01. The number of aromatic nitrogens is 1. The van der Waals surface area contributed by atoms with Crippen LogP contribution in [-0.4, -0.2) is 18.8 Å². The van der Waals surface area contributed by atoms with Crippen LogP contribution >= 0.6 is 15.9 Å². The minimum Gasteiger partial charge on any atom is -0.377 e. The van der Waals surface area contributed by atoms with E-state index in [1.807, 2.05) is 6.20 Å². The van der Waals surface area contributed by atoms with Crippen molar-refractivity contribution in [2.45, 2.75) is 45.8 Å². The minimum atomic E-state index is -1.17. The van der Waals surface area contributed by atoms with Gasteiger partial charge < -0.3 is 9.72 Å². The fraction of sp³-hybridized carbons (Fsp3) is 0.636. The number of hydrogen-bond donors (Lipinski definition) is 1. The number of rotatable bonds is 4. The Bertz CT molecular complexity index is 330. The molecule has 0 spiro atoms. The molecule has 0 aliphatic rings. The van der Waals surface area contributed by atoms with E-state index in [1.54, 1.807) is 0 Å². The van der Waals surface area contributed by atoms with Gasteiger partial charge in [-0.1, -0.05) is 19.6 Å². The molecule has 2 nitrogen and oxygen atoms in total. The van der Waals surface area contributed by atoms with Crippen molar-refractivity contribution in [3.05, 3.63) is 21.9 Å². The molecule has 86 valence electrons. The molecule has 0 amide bonds. The third-order valence-electron chi connectivity index (χ3n) is 2.78. The zero-order chi connectivity index (χ0) is 11.6. The molecule has 1 heterocycles. The van der Waals surface area contributed by atoms with Gasteiger partial charge in [0, 0.05) is 27.7 Å². The van der Waals surface area contributed by atoms with E-state index in [0.717, 1.165) is 10.2 Å². The number of halogens is 1. The van der Waals surface area contributed by atoms with Gasteiger partial charge in [0.25, 0.3) is 0 Å². The highest BCUT2D eigenvalue weighted by molar-refractivity contribution is 9.10. The van der Waals surface area contributed by atoms with Gasteiger partial charge in [0.05, 0.1) is 14.7 Å². The first kappa shape index (κ1) is 13.0. The van der Waals surface area contributed by atoms with E-state index in [-0.39, 0.29) is 0 Å². The van der Waals surface area contributed by atoms with E-state index in [0.29, 0.717) is 12.3 Å². The maximum Gasteiger partial charge on any atom is 0.0781 e. The Hall–Kier alpha value is -0.0631. The van der Waals surface area contributed by atoms with Crippen molar-refractivity contribution in [3.8, 4) is 0 Å². The van der Waals surface area contributed by atoms with Crippen LogP contribution in [0.2, 0.25) is 19.6 Å². The van der Waals surface area contributed by atoms with Crippen LogP contribution in [0.5, 0.6) is 0 Å². The summed E-state index contributed by atoms with van der Waals surface area (Å²) < 4.78 is 7.04. The van der Waals surface area contributed by atoms with Crippen LogP contribution in [0.4, 0.5) is 0 Å². The van der Waals surface area contributed by atoms with Gasteiger partial charge in [-0.05, 0) is 29.8 Å². The third kappa shape index (κ3) is 3.47. The molecule has 4 heteroatoms. The minimum absolute atomic E-state index is 0.389. The Kier molecular flexibility index (Phi) is 4.20. The predicted molar refractivity (Wildman–Crippen MR) is 70.8 cm³/mol. The van der Waals surface area contributed by atoms with Crippen LogP contribution in [0.25, 0.3) is 0 Å². The van der Waals surface area contributed by atoms with E-state index in [1.165, 1.54) is 5.56 Å². The monoisotopic (exact) mass is 289 g/mol. The number of aromatic amines is 1. The molecule has 0 saturated carbocycles. The largest absolute Gasteiger partial charge is 0.377 e. The Balaban J connectivity index is 2.55. The second-order valence-corrected chi connectivity index (χ2v) is 11.4. The fourth-order valence-corrected chi connectivity index (χ4v) is 2.06. The summed E-state index contributed by atoms with van der Waals surface area (Å²) in [5, 5.41) is 0. The standard InChI is InChI=1S/C11H20BrNOSi/c1-8-11(12)10(6-13-8)7-14-9(2)15(3,4)5/h6,9,13H,7H2,1-5H3. The molecule has 0 aliphatic carbocycles. The zero-order valence-electron chi connectivity index (χ0n) is 10.1. The zero-order valence-corrected chi connectivity index (χ0v) is 12.7. The first-order valence-electron chi connectivity index (χ1n) is 5.26. The second-order valence-electron chi connectivity index (χ2n) is 5.07. The molecule has 0 radical (unpaired) electrons. The number of nitrogens with one attached hydrogen (secondary N) is 1. The lowest BCUT2D eigenvalue weighted by Crippen LogP contribution is -2.37. The van der Waals surface area contributed by atoms with Gasteiger partial charge in [0.1, 0.15) is 0 Å². The molecule has 0 aliphatic heterocycles. The summed E-state index contributed by atoms with van der Waals surface area (Å²) in [6.45, 7) is 11.9. The molecule has 0 bridgehead atoms. The quantitative estimate of drug-likeness (QED) is 0.837. The molecule has 15 heavy (non-hydrogen) atoms. The lowest BCUT2D eigenvalue weighted by atomic mass is 10.3. The summed E-state index contributed by atoms with van der Waals surface area (Å²) in [5.41, 5.74) is 2.76. The molecule has 1 atom stereocenters. The van der Waals surface area contributed by atoms with Crippen molar-refractivity contribution in [2.75, 3.05) is 0 Å². The van der Waals surface area contributed by atoms with Gasteiger partial charge in [-0.2, -0.15) is 0 Å². The van der Waals surface area contributed by atoms with Crippen LogP contribution in [0.1, 0.15) is 18.2 Å². The molecule has 0 saturated heterocycles. The Morgan fingerprint density at radius 3 is 2.47 bits per heavy atom. The van der Waals surface area contributed by atoms with Gasteiger partial charge in [0.2, 0.25) is 0 Å². The molecule has 1 rings (SSSR count). The van der Waals surface area contributed by atoms with E-state index in [4.69, 9.17) is 4.74 Å². The highest BCUT2D eigenvalue weighted by Crippen LogP contribution is 2.22. The predicted octanol–water partition coefficient (Wildman–Crippen LogP) is 3.87. The smallest absolute Gasteiger partial charge is 0.0781 e. The van der Waals surface area contributed by atoms with Gasteiger partial charge in [0.15, 0.2) is 0 Å². The Morgan fingerprint density at radius 1 is 1.47 bits per heavy atom. The SMILES string of the molecule is Cc1[nH]cc(COC(C)[Si](C)(C)C)c1Br. The van der Waals surface area contributed by atoms with E-state index in [9.17, 15) is 0 Å². The van der Waals surface area contributed by atoms with E-state index in [2.05, 4.69) is 54.4 Å². The topological polar surface area (TPSA) is 25.0 Å². The van der Waals surface area contributed by atoms with Crippen molar-refractivity contribution in [1.29, 1.82) is 0 Å². The Morgan fingerprint density at radius 2 is 2.07 bits per heavy atom. The first-order chi connectivity index (χ1) is 6.82. The van der Waals surface area contributed by atoms with Crippen molar-refractivity contribution < 1.29 is 4.74 Å². The number of ether oxygens (including phenoxy) is 1. The molecule has 1 N–H and O–H groups in total. The van der Waals surface area contributed by atoms with Crippen molar-refractivity contribution in [2.24, 2.45) is 0 Å². The van der Waals surface area contributed by atoms with E-state index >= 15 is 0 Å². The van der Waals surface area contributed by atoms with Crippen molar-refractivity contribution >= 4 is 24.0 Å². The maximum absolute atomic E-state index is 5.90. The van der Waals surface area contributed by atoms with Gasteiger partial charge in [-0.15, -0.1) is 0 Å². The highest BCUT2D eigenvalue weighted by Gasteiger charge is 2.23. The lowest BCUT2D eigenvalue weighted by molar-refractivity contribution is 0.0975. The molecular weight excluding hydrogens is 270 g/mol. The summed E-state index contributed by atoms with van der Waals surface area (Å²) >= 11 is 3.55. The summed E-state index contributed by atoms with van der Waals surface area (Å²) in [7, 11) is -1.17. The van der Waals surface area contributed by atoms with E-state index < -0.39 is 8.07 Å². The molecule has 1 aromatic heterocycles. The highest BCUT2D eigenvalue weighted by atomic mass is 79.9. The van der Waals surface area contributed by atoms with Crippen LogP contribution in [0.3, 0.4) is 0 Å². The van der Waals surface area contributed by atoms with Crippen LogP contribution in [-0.2, 0) is 11.3 Å². The average Bonchev–Trinajstić information content (AvgIpc) is 2.43. The van der Waals surface area contributed by atoms with Crippen molar-refractivity contribution in [3.63, 3.8) is 0 Å². The summed E-state index contributed by atoms with van der Waals surface area (Å²) in [6, 6.07) is 0. The molecular formula is C11H20BrNOSi. The summed E-state index contributed by atoms with van der Waals surface area (Å²) in [5.74, 6) is 0. The second kappa shape index (κ2) is 4.85. The molecule has 0 fully saturated rings. The van der Waals surface area contributed by atoms with Crippen LogP contribution in [0.15, 0.2) is 10.7 Å². The summed E-state index contributed by atoms with van der Waals surface area (Å²) in [4.78, 5) is 3.18. The van der Waals surface area contributed by atoms with Crippen LogP contribution < -0.4 is 0 Å². The first-order valence-corrected chi connectivity index (χ1v) is 9.63. The number of H-pyrrole nitrogens is 1. The molecule has 0 aromatic carbocycles. The van der Waals surface area contributed by atoms with Crippen molar-refractivity contribution in [1.82, 2.24) is 4.98 Å². The fourth-order valence-electron chi connectivity index (χ4n) is 1.13. The normalized spacial score (nSPS) is 14.3. The molecule has 1 aromatic rings. The maximum atomic E-state index is 5.90. The average molecular weight is 290 g/mol. The van der Waals surface area contributed by atoms with Crippen LogP contribution in [0, 0.1) is 6.92 Å². The molecule has 1 unspecified atom stereocenters. The Labute approximate surface area is 102 Å². The lowest BCUT2D eigenvalue weighted by Gasteiger charge is -2.25. The van der Waals surface area contributed by atoms with Gasteiger partial charge in [-0.25, -0.2) is 0 Å². The third-order valence-corrected chi connectivity index (χ3v) is 6.49. The number of aryl methyl sites for hydroxylation is 1. The van der Waals surface area contributed by atoms with Gasteiger partial charge >= 0.3 is 0 Å². The number of hydrogen-bond acceptors (Lipinski definition) is 1. The van der Waals surface area contributed by atoms with Gasteiger partial charge in [-0.3, -0.25) is 0 Å².